The summed E-state index contributed by atoms with van der Waals surface area (Å²) in [6, 6.07) is 6.09. The van der Waals surface area contributed by atoms with Crippen LogP contribution < -0.4 is 5.32 Å². The maximum atomic E-state index is 11.1. The Balaban J connectivity index is 2.35. The number of nitriles is 1. The normalized spacial score (nSPS) is 17.2. The third-order valence-corrected chi connectivity index (χ3v) is 3.47. The highest BCUT2D eigenvalue weighted by Gasteiger charge is 2.33. The number of rotatable bonds is 4. The Morgan fingerprint density at radius 3 is 2.75 bits per heavy atom. The van der Waals surface area contributed by atoms with Crippen molar-refractivity contribution >= 4 is 11.4 Å². The fourth-order valence-corrected chi connectivity index (χ4v) is 2.24. The number of anilines is 1. The maximum Gasteiger partial charge on any atom is 0.292 e. The van der Waals surface area contributed by atoms with Gasteiger partial charge in [0.25, 0.3) is 5.69 Å². The first-order valence-corrected chi connectivity index (χ1v) is 6.25. The van der Waals surface area contributed by atoms with Crippen molar-refractivity contribution in [3.05, 3.63) is 33.9 Å². The molecule has 1 fully saturated rings. The smallest absolute Gasteiger partial charge is 0.292 e. The molecular weight excluding hydrogens is 262 g/mol. The van der Waals surface area contributed by atoms with Gasteiger partial charge in [0.1, 0.15) is 5.69 Å². The molecule has 7 nitrogen and oxygen atoms in total. The van der Waals surface area contributed by atoms with Gasteiger partial charge in [0.15, 0.2) is 0 Å². The summed E-state index contributed by atoms with van der Waals surface area (Å²) in [6.45, 7) is 0.822. The highest BCUT2D eigenvalue weighted by atomic mass is 16.6. The maximum absolute atomic E-state index is 11.1. The quantitative estimate of drug-likeness (QED) is 0.636. The Morgan fingerprint density at radius 1 is 1.50 bits per heavy atom. The first kappa shape index (κ1) is 14.2. The molecule has 1 aromatic carbocycles. The van der Waals surface area contributed by atoms with Crippen LogP contribution in [0, 0.1) is 21.4 Å². The average Bonchev–Trinajstić information content (AvgIpc) is 2.47. The molecule has 2 N–H and O–H groups in total. The van der Waals surface area contributed by atoms with Gasteiger partial charge < -0.3 is 15.2 Å². The molecule has 0 spiro atoms. The molecule has 0 bridgehead atoms. The molecule has 0 radical (unpaired) electrons. The van der Waals surface area contributed by atoms with Crippen LogP contribution in [0.5, 0.6) is 0 Å². The van der Waals surface area contributed by atoms with E-state index in [0.717, 1.165) is 0 Å². The van der Waals surface area contributed by atoms with Crippen molar-refractivity contribution in [2.75, 3.05) is 25.1 Å². The van der Waals surface area contributed by atoms with Crippen LogP contribution in [0.1, 0.15) is 18.4 Å². The summed E-state index contributed by atoms with van der Waals surface area (Å²) >= 11 is 0. The molecule has 1 saturated heterocycles. The van der Waals surface area contributed by atoms with E-state index in [0.29, 0.717) is 31.6 Å². The Kier molecular flexibility index (Phi) is 4.17. The van der Waals surface area contributed by atoms with Crippen LogP contribution in [0.2, 0.25) is 0 Å². The monoisotopic (exact) mass is 277 g/mol. The molecule has 1 aliphatic rings. The summed E-state index contributed by atoms with van der Waals surface area (Å²) in [7, 11) is 0. The molecule has 0 atom stereocenters. The van der Waals surface area contributed by atoms with Crippen LogP contribution in [0.3, 0.4) is 0 Å². The minimum Gasteiger partial charge on any atom is -0.394 e. The minimum atomic E-state index is -0.642. The van der Waals surface area contributed by atoms with Gasteiger partial charge in [-0.3, -0.25) is 10.1 Å². The van der Waals surface area contributed by atoms with E-state index in [9.17, 15) is 15.2 Å². The number of nitro benzene ring substituents is 1. The molecule has 1 aliphatic heterocycles. The van der Waals surface area contributed by atoms with Gasteiger partial charge in [0, 0.05) is 19.3 Å². The third-order valence-electron chi connectivity index (χ3n) is 3.47. The molecule has 0 amide bonds. The molecule has 0 saturated carbocycles. The van der Waals surface area contributed by atoms with E-state index in [1.807, 2.05) is 6.07 Å². The zero-order valence-corrected chi connectivity index (χ0v) is 10.8. The zero-order valence-electron chi connectivity index (χ0n) is 10.8. The van der Waals surface area contributed by atoms with Gasteiger partial charge in [-0.1, -0.05) is 0 Å². The lowest BCUT2D eigenvalue weighted by Gasteiger charge is -2.37. The first-order chi connectivity index (χ1) is 9.60. The second-order valence-corrected chi connectivity index (χ2v) is 4.78. The molecule has 1 aromatic rings. The summed E-state index contributed by atoms with van der Waals surface area (Å²) < 4.78 is 5.25. The third kappa shape index (κ3) is 2.87. The van der Waals surface area contributed by atoms with Crippen molar-refractivity contribution in [1.29, 1.82) is 5.26 Å². The van der Waals surface area contributed by atoms with Crippen LogP contribution in [-0.4, -0.2) is 35.4 Å². The topological polar surface area (TPSA) is 108 Å². The van der Waals surface area contributed by atoms with E-state index in [4.69, 9.17) is 10.00 Å². The number of aliphatic hydroxyl groups is 1. The van der Waals surface area contributed by atoms with Gasteiger partial charge in [-0.15, -0.1) is 0 Å². The van der Waals surface area contributed by atoms with Crippen molar-refractivity contribution in [3.63, 3.8) is 0 Å². The van der Waals surface area contributed by atoms with E-state index in [1.165, 1.54) is 18.2 Å². The van der Waals surface area contributed by atoms with Crippen LogP contribution in [0.4, 0.5) is 11.4 Å². The second-order valence-electron chi connectivity index (χ2n) is 4.78. The van der Waals surface area contributed by atoms with Crippen LogP contribution in [0.25, 0.3) is 0 Å². The van der Waals surface area contributed by atoms with Gasteiger partial charge in [-0.25, -0.2) is 0 Å². The summed E-state index contributed by atoms with van der Waals surface area (Å²) in [4.78, 5) is 10.5. The molecule has 0 aliphatic carbocycles. The largest absolute Gasteiger partial charge is 0.394 e. The molecule has 7 heteroatoms. The number of aliphatic hydroxyl groups excluding tert-OH is 1. The van der Waals surface area contributed by atoms with Gasteiger partial charge in [0.05, 0.1) is 28.7 Å². The van der Waals surface area contributed by atoms with Crippen LogP contribution >= 0.6 is 0 Å². The highest BCUT2D eigenvalue weighted by molar-refractivity contribution is 5.65. The molecule has 106 valence electrons. The SMILES string of the molecule is N#Cc1ccc([N+](=O)[O-])c(NC2(CO)CCOCC2)c1. The van der Waals surface area contributed by atoms with E-state index >= 15 is 0 Å². The number of benzene rings is 1. The number of nitrogens with one attached hydrogen (secondary N) is 1. The van der Waals surface area contributed by atoms with Gasteiger partial charge in [0.2, 0.25) is 0 Å². The Bertz CT molecular complexity index is 547. The summed E-state index contributed by atoms with van der Waals surface area (Å²) in [5.74, 6) is 0. The number of nitrogens with zero attached hydrogens (tertiary/aromatic N) is 2. The van der Waals surface area contributed by atoms with Crippen LogP contribution in [0.15, 0.2) is 18.2 Å². The van der Waals surface area contributed by atoms with Crippen LogP contribution in [-0.2, 0) is 4.74 Å². The van der Waals surface area contributed by atoms with Crippen molar-refractivity contribution in [2.45, 2.75) is 18.4 Å². The van der Waals surface area contributed by atoms with Gasteiger partial charge in [-0.05, 0) is 25.0 Å². The second kappa shape index (κ2) is 5.86. The van der Waals surface area contributed by atoms with Gasteiger partial charge >= 0.3 is 0 Å². The Labute approximate surface area is 115 Å². The number of hydrogen-bond donors (Lipinski definition) is 2. The number of nitro groups is 1. The Hall–Kier alpha value is -2.17. The van der Waals surface area contributed by atoms with E-state index in [2.05, 4.69) is 5.32 Å². The predicted molar refractivity (Wildman–Crippen MR) is 71.3 cm³/mol. The lowest BCUT2D eigenvalue weighted by Crippen LogP contribution is -2.47. The van der Waals surface area contributed by atoms with E-state index in [1.54, 1.807) is 0 Å². The molecule has 20 heavy (non-hydrogen) atoms. The van der Waals surface area contributed by atoms with Gasteiger partial charge in [-0.2, -0.15) is 5.26 Å². The molecular formula is C13H15N3O4. The Morgan fingerprint density at radius 2 is 2.20 bits per heavy atom. The van der Waals surface area contributed by atoms with Crippen molar-refractivity contribution in [2.24, 2.45) is 0 Å². The summed E-state index contributed by atoms with van der Waals surface area (Å²) in [5.41, 5.74) is -0.163. The fraction of sp³-hybridized carbons (Fsp3) is 0.462. The molecule has 0 aromatic heterocycles. The van der Waals surface area contributed by atoms with E-state index < -0.39 is 10.5 Å². The number of ether oxygens (including phenoxy) is 1. The fourth-order valence-electron chi connectivity index (χ4n) is 2.24. The minimum absolute atomic E-state index is 0.108. The lowest BCUT2D eigenvalue weighted by molar-refractivity contribution is -0.384. The molecule has 1 heterocycles. The summed E-state index contributed by atoms with van der Waals surface area (Å²) in [5, 5.41) is 32.6. The molecule has 2 rings (SSSR count). The van der Waals surface area contributed by atoms with E-state index in [-0.39, 0.29) is 18.0 Å². The highest BCUT2D eigenvalue weighted by Crippen LogP contribution is 2.32. The lowest BCUT2D eigenvalue weighted by atomic mass is 9.90. The standard InChI is InChI=1S/C13H15N3O4/c14-8-10-1-2-12(16(18)19)11(7-10)15-13(9-17)3-5-20-6-4-13/h1-2,7,15,17H,3-6,9H2. The predicted octanol–water partition coefficient (Wildman–Crippen LogP) is 1.42. The van der Waals surface area contributed by atoms with Crippen molar-refractivity contribution in [3.8, 4) is 6.07 Å². The molecule has 0 unspecified atom stereocenters. The first-order valence-electron chi connectivity index (χ1n) is 6.25. The van der Waals surface area contributed by atoms with Crippen molar-refractivity contribution < 1.29 is 14.8 Å². The average molecular weight is 277 g/mol. The number of hydrogen-bond acceptors (Lipinski definition) is 6. The zero-order chi connectivity index (χ0) is 14.6. The van der Waals surface area contributed by atoms with Crippen molar-refractivity contribution in [1.82, 2.24) is 0 Å². The summed E-state index contributed by atoms with van der Waals surface area (Å²) in [6.07, 6.45) is 1.11.